The van der Waals surface area contributed by atoms with E-state index in [1.54, 1.807) is 7.11 Å². The average Bonchev–Trinajstić information content (AvgIpc) is 2.74. The van der Waals surface area contributed by atoms with Crippen molar-refractivity contribution in [1.82, 2.24) is 20.2 Å². The summed E-state index contributed by atoms with van der Waals surface area (Å²) in [5, 5.41) is 11.8. The van der Waals surface area contributed by atoms with E-state index < -0.39 is 0 Å². The molecule has 0 fully saturated rings. The number of anilines is 2. The van der Waals surface area contributed by atoms with Gasteiger partial charge in [-0.25, -0.2) is 9.97 Å². The van der Waals surface area contributed by atoms with Crippen molar-refractivity contribution in [1.29, 1.82) is 0 Å². The fourth-order valence-corrected chi connectivity index (χ4v) is 2.94. The zero-order valence-electron chi connectivity index (χ0n) is 17.0. The lowest BCUT2D eigenvalue weighted by Gasteiger charge is -2.09. The summed E-state index contributed by atoms with van der Waals surface area (Å²) in [4.78, 5) is 8.62. The van der Waals surface area contributed by atoms with Gasteiger partial charge in [-0.05, 0) is 68.4 Å². The maximum absolute atomic E-state index is 5.81. The summed E-state index contributed by atoms with van der Waals surface area (Å²) < 4.78 is 11.0. The summed E-state index contributed by atoms with van der Waals surface area (Å²) in [5.74, 6) is 2.07. The molecule has 0 atom stereocenters. The second-order valence-electron chi connectivity index (χ2n) is 6.72. The zero-order valence-corrected chi connectivity index (χ0v) is 17.0. The highest BCUT2D eigenvalue weighted by Gasteiger charge is 2.06. The van der Waals surface area contributed by atoms with Crippen molar-refractivity contribution >= 4 is 11.5 Å². The number of hydrogen-bond acceptors (Lipinski definition) is 7. The Morgan fingerprint density at radius 3 is 2.20 bits per heavy atom. The lowest BCUT2D eigenvalue weighted by molar-refractivity contribution is 0.415. The first-order chi connectivity index (χ1) is 14.6. The van der Waals surface area contributed by atoms with Crippen molar-refractivity contribution in [2.45, 2.75) is 13.8 Å². The van der Waals surface area contributed by atoms with Crippen LogP contribution in [0.25, 0.3) is 11.3 Å². The van der Waals surface area contributed by atoms with Gasteiger partial charge in [0.2, 0.25) is 0 Å². The molecule has 7 nitrogen and oxygen atoms in total. The van der Waals surface area contributed by atoms with Crippen LogP contribution in [-0.2, 0) is 0 Å². The average molecular weight is 399 g/mol. The van der Waals surface area contributed by atoms with Gasteiger partial charge in [-0.1, -0.05) is 6.07 Å². The Labute approximate surface area is 174 Å². The van der Waals surface area contributed by atoms with Crippen LogP contribution in [0.4, 0.5) is 11.5 Å². The van der Waals surface area contributed by atoms with Gasteiger partial charge in [-0.3, -0.25) is 0 Å². The van der Waals surface area contributed by atoms with Crippen LogP contribution in [0.3, 0.4) is 0 Å². The normalized spacial score (nSPS) is 10.5. The molecular weight excluding hydrogens is 378 g/mol. The molecule has 30 heavy (non-hydrogen) atoms. The fourth-order valence-electron chi connectivity index (χ4n) is 2.94. The van der Waals surface area contributed by atoms with Crippen molar-refractivity contribution in [2.24, 2.45) is 0 Å². The molecule has 0 saturated carbocycles. The highest BCUT2D eigenvalue weighted by atomic mass is 16.5. The number of aromatic nitrogens is 4. The van der Waals surface area contributed by atoms with Gasteiger partial charge in [0.05, 0.1) is 12.8 Å². The molecule has 2 aromatic carbocycles. The molecule has 0 spiro atoms. The summed E-state index contributed by atoms with van der Waals surface area (Å²) in [6.07, 6.45) is 0. The third kappa shape index (κ3) is 4.70. The molecular formula is C23H21N5O2. The van der Waals surface area contributed by atoms with E-state index in [0.717, 1.165) is 34.1 Å². The smallest absolute Gasteiger partial charge is 0.322 e. The minimum atomic E-state index is 0.327. The third-order valence-corrected chi connectivity index (χ3v) is 4.33. The van der Waals surface area contributed by atoms with Crippen LogP contribution in [0.15, 0.2) is 66.7 Å². The highest BCUT2D eigenvalue weighted by Crippen LogP contribution is 2.25. The van der Waals surface area contributed by atoms with Crippen molar-refractivity contribution in [3.05, 3.63) is 78.1 Å². The van der Waals surface area contributed by atoms with Crippen molar-refractivity contribution in [3.63, 3.8) is 0 Å². The van der Waals surface area contributed by atoms with E-state index in [1.807, 2.05) is 80.6 Å². The van der Waals surface area contributed by atoms with E-state index in [4.69, 9.17) is 9.47 Å². The molecule has 4 rings (SSSR count). The number of aryl methyl sites for hydroxylation is 2. The number of nitrogens with zero attached hydrogens (tertiary/aromatic N) is 4. The van der Waals surface area contributed by atoms with Crippen LogP contribution < -0.4 is 14.8 Å². The molecule has 0 aliphatic heterocycles. The highest BCUT2D eigenvalue weighted by molar-refractivity contribution is 5.63. The predicted molar refractivity (Wildman–Crippen MR) is 115 cm³/mol. The molecule has 7 heteroatoms. The lowest BCUT2D eigenvalue weighted by atomic mass is 10.1. The standard InChI is InChI=1S/C23H21N5O2/c1-15-13-16(2)25-23(24-15)30-20-6-4-5-18(14-20)26-22-12-11-21(27-28-22)17-7-9-19(29-3)10-8-17/h4-14H,1-3H3,(H,26,28). The summed E-state index contributed by atoms with van der Waals surface area (Å²) in [5.41, 5.74) is 4.30. The maximum atomic E-state index is 5.81. The number of hydrogen-bond donors (Lipinski definition) is 1. The quantitative estimate of drug-likeness (QED) is 0.483. The van der Waals surface area contributed by atoms with E-state index >= 15 is 0 Å². The zero-order chi connectivity index (χ0) is 20.9. The maximum Gasteiger partial charge on any atom is 0.322 e. The van der Waals surface area contributed by atoms with E-state index in [-0.39, 0.29) is 0 Å². The summed E-state index contributed by atoms with van der Waals surface area (Å²) in [6.45, 7) is 3.82. The topological polar surface area (TPSA) is 82.0 Å². The predicted octanol–water partition coefficient (Wildman–Crippen LogP) is 5.09. The minimum Gasteiger partial charge on any atom is -0.497 e. The molecule has 0 saturated heterocycles. The van der Waals surface area contributed by atoms with E-state index in [0.29, 0.717) is 17.6 Å². The largest absolute Gasteiger partial charge is 0.497 e. The lowest BCUT2D eigenvalue weighted by Crippen LogP contribution is -1.98. The molecule has 4 aromatic rings. The van der Waals surface area contributed by atoms with Gasteiger partial charge in [-0.15, -0.1) is 10.2 Å². The minimum absolute atomic E-state index is 0.327. The Balaban J connectivity index is 1.47. The summed E-state index contributed by atoms with van der Waals surface area (Å²) in [6, 6.07) is 21.2. The summed E-state index contributed by atoms with van der Waals surface area (Å²) in [7, 11) is 1.64. The van der Waals surface area contributed by atoms with Gasteiger partial charge in [0.15, 0.2) is 5.82 Å². The first-order valence-corrected chi connectivity index (χ1v) is 9.44. The van der Waals surface area contributed by atoms with Crippen molar-refractivity contribution < 1.29 is 9.47 Å². The molecule has 2 aromatic heterocycles. The molecule has 0 aliphatic rings. The second-order valence-corrected chi connectivity index (χ2v) is 6.72. The van der Waals surface area contributed by atoms with Crippen molar-refractivity contribution in [2.75, 3.05) is 12.4 Å². The first-order valence-electron chi connectivity index (χ1n) is 9.44. The SMILES string of the molecule is COc1ccc(-c2ccc(Nc3cccc(Oc4nc(C)cc(C)n4)c3)nn2)cc1. The van der Waals surface area contributed by atoms with E-state index in [2.05, 4.69) is 25.5 Å². The van der Waals surface area contributed by atoms with Gasteiger partial charge >= 0.3 is 6.01 Å². The van der Waals surface area contributed by atoms with E-state index in [9.17, 15) is 0 Å². The molecule has 150 valence electrons. The van der Waals surface area contributed by atoms with Crippen LogP contribution in [0, 0.1) is 13.8 Å². The van der Waals surface area contributed by atoms with Crippen LogP contribution >= 0.6 is 0 Å². The first kappa shape index (κ1) is 19.3. The number of nitrogens with one attached hydrogen (secondary N) is 1. The van der Waals surface area contributed by atoms with Crippen LogP contribution in [0.2, 0.25) is 0 Å². The van der Waals surface area contributed by atoms with Gasteiger partial charge < -0.3 is 14.8 Å². The van der Waals surface area contributed by atoms with Crippen LogP contribution in [-0.4, -0.2) is 27.3 Å². The second kappa shape index (κ2) is 8.57. The molecule has 0 amide bonds. The van der Waals surface area contributed by atoms with Crippen molar-refractivity contribution in [3.8, 4) is 28.8 Å². The Hall–Kier alpha value is -4.00. The van der Waals surface area contributed by atoms with Crippen LogP contribution in [0.1, 0.15) is 11.4 Å². The summed E-state index contributed by atoms with van der Waals surface area (Å²) >= 11 is 0. The number of rotatable bonds is 6. The van der Waals surface area contributed by atoms with E-state index in [1.165, 1.54) is 0 Å². The Kier molecular flexibility index (Phi) is 5.52. The number of ether oxygens (including phenoxy) is 2. The number of methoxy groups -OCH3 is 1. The Morgan fingerprint density at radius 1 is 0.767 bits per heavy atom. The molecule has 0 radical (unpaired) electrons. The molecule has 0 bridgehead atoms. The molecule has 1 N–H and O–H groups in total. The molecule has 2 heterocycles. The molecule has 0 unspecified atom stereocenters. The van der Waals surface area contributed by atoms with Gasteiger partial charge in [0.1, 0.15) is 11.5 Å². The molecule has 0 aliphatic carbocycles. The third-order valence-electron chi connectivity index (χ3n) is 4.33. The number of benzene rings is 2. The van der Waals surface area contributed by atoms with Gasteiger partial charge in [0, 0.05) is 28.7 Å². The van der Waals surface area contributed by atoms with Gasteiger partial charge in [0.25, 0.3) is 0 Å². The van der Waals surface area contributed by atoms with Gasteiger partial charge in [-0.2, -0.15) is 0 Å². The Morgan fingerprint density at radius 2 is 1.53 bits per heavy atom. The fraction of sp³-hybridized carbons (Fsp3) is 0.130. The van der Waals surface area contributed by atoms with Crippen LogP contribution in [0.5, 0.6) is 17.5 Å². The Bertz CT molecular complexity index is 1120. The monoisotopic (exact) mass is 399 g/mol.